The Bertz CT molecular complexity index is 486. The highest BCUT2D eigenvalue weighted by atomic mass is 32.1. The van der Waals surface area contributed by atoms with E-state index in [9.17, 15) is 4.79 Å². The van der Waals surface area contributed by atoms with Crippen molar-refractivity contribution in [1.29, 1.82) is 0 Å². The van der Waals surface area contributed by atoms with Gasteiger partial charge in [-0.1, -0.05) is 12.8 Å². The van der Waals surface area contributed by atoms with E-state index in [1.807, 2.05) is 12.3 Å². The van der Waals surface area contributed by atoms with Crippen LogP contribution in [0.15, 0.2) is 5.38 Å². The molecule has 1 aliphatic heterocycles. The first kappa shape index (κ1) is 14.8. The number of ether oxygens (including phenoxy) is 1. The summed E-state index contributed by atoms with van der Waals surface area (Å²) in [6.07, 6.45) is 8.36. The van der Waals surface area contributed by atoms with Crippen molar-refractivity contribution in [2.45, 2.75) is 57.9 Å². The molecule has 21 heavy (non-hydrogen) atoms. The highest BCUT2D eigenvalue weighted by Crippen LogP contribution is 2.38. The highest BCUT2D eigenvalue weighted by molar-refractivity contribution is 7.13. The molecule has 1 aliphatic carbocycles. The van der Waals surface area contributed by atoms with Crippen LogP contribution in [0.1, 0.15) is 51.1 Å². The van der Waals surface area contributed by atoms with E-state index in [0.717, 1.165) is 23.3 Å². The number of piperidine rings is 1. The van der Waals surface area contributed by atoms with Gasteiger partial charge in [-0.2, -0.15) is 0 Å². The molecule has 0 amide bonds. The average molecular weight is 308 g/mol. The summed E-state index contributed by atoms with van der Waals surface area (Å²) in [5, 5.41) is 3.12. The molecule has 4 nitrogen and oxygen atoms in total. The first-order valence-corrected chi connectivity index (χ1v) is 9.02. The van der Waals surface area contributed by atoms with E-state index >= 15 is 0 Å². The van der Waals surface area contributed by atoms with Gasteiger partial charge in [-0.25, -0.2) is 4.98 Å². The molecule has 116 valence electrons. The molecule has 1 saturated heterocycles. The summed E-state index contributed by atoms with van der Waals surface area (Å²) in [5.74, 6) is 0.674. The van der Waals surface area contributed by atoms with E-state index in [1.165, 1.54) is 38.5 Å². The molecule has 0 spiro atoms. The largest absolute Gasteiger partial charge is 0.466 e. The van der Waals surface area contributed by atoms with Crippen molar-refractivity contribution < 1.29 is 9.53 Å². The number of fused-ring (bicyclic) bond motifs is 1. The Balaban J connectivity index is 1.68. The number of anilines is 1. The van der Waals surface area contributed by atoms with Gasteiger partial charge in [0.2, 0.25) is 0 Å². The van der Waals surface area contributed by atoms with E-state index in [-0.39, 0.29) is 5.97 Å². The Hall–Kier alpha value is -1.10. The molecule has 0 radical (unpaired) electrons. The molecule has 1 aromatic heterocycles. The van der Waals surface area contributed by atoms with Crippen molar-refractivity contribution in [3.8, 4) is 0 Å². The van der Waals surface area contributed by atoms with Gasteiger partial charge in [-0.05, 0) is 38.5 Å². The van der Waals surface area contributed by atoms with Crippen molar-refractivity contribution >= 4 is 22.4 Å². The zero-order valence-electron chi connectivity index (χ0n) is 12.7. The minimum absolute atomic E-state index is 0.177. The van der Waals surface area contributed by atoms with E-state index < -0.39 is 0 Å². The third-order valence-electron chi connectivity index (χ3n) is 4.66. The fourth-order valence-corrected chi connectivity index (χ4v) is 4.64. The highest BCUT2D eigenvalue weighted by Gasteiger charge is 2.34. The van der Waals surface area contributed by atoms with E-state index in [2.05, 4.69) is 4.90 Å². The van der Waals surface area contributed by atoms with E-state index in [0.29, 0.717) is 19.1 Å². The standard InChI is InChI=1S/C16H24N2O2S/c1-2-20-15(19)10-13-11-21-16(17-13)18-9-5-7-12-6-3-4-8-14(12)18/h11-12,14H,2-10H2,1H3/t12-,14-/m1/s1. The second kappa shape index (κ2) is 6.77. The van der Waals surface area contributed by atoms with E-state index in [1.54, 1.807) is 11.3 Å². The number of carbonyl (C=O) groups is 1. The van der Waals surface area contributed by atoms with Crippen molar-refractivity contribution in [2.24, 2.45) is 5.92 Å². The molecule has 2 atom stereocenters. The average Bonchev–Trinajstić information content (AvgIpc) is 2.95. The Morgan fingerprint density at radius 3 is 3.05 bits per heavy atom. The van der Waals surface area contributed by atoms with Gasteiger partial charge >= 0.3 is 5.97 Å². The van der Waals surface area contributed by atoms with Crippen LogP contribution in [0.2, 0.25) is 0 Å². The minimum Gasteiger partial charge on any atom is -0.466 e. The number of carbonyl (C=O) groups excluding carboxylic acids is 1. The maximum Gasteiger partial charge on any atom is 0.311 e. The first-order valence-electron chi connectivity index (χ1n) is 8.14. The Kier molecular flexibility index (Phi) is 4.78. The maximum absolute atomic E-state index is 11.6. The SMILES string of the molecule is CCOC(=O)Cc1csc(N2CCC[C@H]3CCCC[C@H]32)n1. The molecule has 5 heteroatoms. The second-order valence-corrected chi connectivity index (χ2v) is 6.89. The summed E-state index contributed by atoms with van der Waals surface area (Å²) in [5.41, 5.74) is 0.853. The Morgan fingerprint density at radius 1 is 1.38 bits per heavy atom. The first-order chi connectivity index (χ1) is 10.3. The lowest BCUT2D eigenvalue weighted by atomic mass is 9.78. The third-order valence-corrected chi connectivity index (χ3v) is 5.59. The molecule has 0 N–H and O–H groups in total. The number of esters is 1. The minimum atomic E-state index is -0.177. The van der Waals surface area contributed by atoms with Crippen LogP contribution in [-0.4, -0.2) is 30.1 Å². The lowest BCUT2D eigenvalue weighted by Gasteiger charge is -2.44. The lowest BCUT2D eigenvalue weighted by molar-refractivity contribution is -0.142. The molecule has 1 aromatic rings. The van der Waals surface area contributed by atoms with Crippen molar-refractivity contribution in [1.82, 2.24) is 4.98 Å². The Morgan fingerprint density at radius 2 is 2.19 bits per heavy atom. The van der Waals surface area contributed by atoms with E-state index in [4.69, 9.17) is 9.72 Å². The summed E-state index contributed by atoms with van der Waals surface area (Å²) < 4.78 is 5.00. The van der Waals surface area contributed by atoms with Crippen LogP contribution in [0, 0.1) is 5.92 Å². The van der Waals surface area contributed by atoms with Crippen molar-refractivity contribution in [3.05, 3.63) is 11.1 Å². The van der Waals surface area contributed by atoms with Crippen molar-refractivity contribution in [2.75, 3.05) is 18.1 Å². The van der Waals surface area contributed by atoms with Gasteiger partial charge in [0.15, 0.2) is 5.13 Å². The number of hydrogen-bond acceptors (Lipinski definition) is 5. The summed E-state index contributed by atoms with van der Waals surface area (Å²) >= 11 is 1.68. The molecule has 0 unspecified atom stereocenters. The maximum atomic E-state index is 11.6. The molecule has 2 fully saturated rings. The normalized spacial score (nSPS) is 25.5. The Labute approximate surface area is 130 Å². The van der Waals surface area contributed by atoms with Crippen LogP contribution in [0.5, 0.6) is 0 Å². The summed E-state index contributed by atoms with van der Waals surface area (Å²) in [6.45, 7) is 3.39. The fraction of sp³-hybridized carbons (Fsp3) is 0.750. The molecule has 0 bridgehead atoms. The van der Waals surface area contributed by atoms with Gasteiger partial charge in [0.25, 0.3) is 0 Å². The summed E-state index contributed by atoms with van der Waals surface area (Å²) in [7, 11) is 0. The monoisotopic (exact) mass is 308 g/mol. The van der Waals surface area contributed by atoms with Crippen LogP contribution in [0.25, 0.3) is 0 Å². The van der Waals surface area contributed by atoms with Crippen molar-refractivity contribution in [3.63, 3.8) is 0 Å². The van der Waals surface area contributed by atoms with Gasteiger partial charge in [0, 0.05) is 18.0 Å². The van der Waals surface area contributed by atoms with Crippen LogP contribution >= 0.6 is 11.3 Å². The molecule has 0 aromatic carbocycles. The predicted octanol–water partition coefficient (Wildman–Crippen LogP) is 3.41. The number of aromatic nitrogens is 1. The smallest absolute Gasteiger partial charge is 0.311 e. The zero-order chi connectivity index (χ0) is 14.7. The topological polar surface area (TPSA) is 42.4 Å². The number of thiazole rings is 1. The second-order valence-electron chi connectivity index (χ2n) is 6.05. The molecule has 2 heterocycles. The van der Waals surface area contributed by atoms with Crippen LogP contribution in [0.4, 0.5) is 5.13 Å². The molecule has 1 saturated carbocycles. The molecular formula is C16H24N2O2S. The molecule has 3 rings (SSSR count). The number of hydrogen-bond donors (Lipinski definition) is 0. The number of nitrogens with zero attached hydrogens (tertiary/aromatic N) is 2. The van der Waals surface area contributed by atoms with Gasteiger partial charge < -0.3 is 9.64 Å². The lowest BCUT2D eigenvalue weighted by Crippen LogP contribution is -2.46. The predicted molar refractivity (Wildman–Crippen MR) is 84.8 cm³/mol. The van der Waals surface area contributed by atoms with Crippen LogP contribution in [0.3, 0.4) is 0 Å². The van der Waals surface area contributed by atoms with Crippen LogP contribution < -0.4 is 4.90 Å². The van der Waals surface area contributed by atoms with Gasteiger partial charge in [0.1, 0.15) is 0 Å². The van der Waals surface area contributed by atoms with Gasteiger partial charge in [-0.15, -0.1) is 11.3 Å². The van der Waals surface area contributed by atoms with Gasteiger partial charge in [0.05, 0.1) is 18.7 Å². The quantitative estimate of drug-likeness (QED) is 0.800. The number of rotatable bonds is 4. The third kappa shape index (κ3) is 3.39. The summed E-state index contributed by atoms with van der Waals surface area (Å²) in [4.78, 5) is 18.8. The molecule has 2 aliphatic rings. The fourth-order valence-electron chi connectivity index (χ4n) is 3.73. The van der Waals surface area contributed by atoms with Gasteiger partial charge in [-0.3, -0.25) is 4.79 Å². The zero-order valence-corrected chi connectivity index (χ0v) is 13.5. The van der Waals surface area contributed by atoms with Crippen LogP contribution in [-0.2, 0) is 16.0 Å². The summed E-state index contributed by atoms with van der Waals surface area (Å²) in [6, 6.07) is 0.675. The molecular weight excluding hydrogens is 284 g/mol.